The second-order valence-corrected chi connectivity index (χ2v) is 7.42. The standard InChI is InChI=1S/C20H12N4O4S/c1-11-13-7-3-5-9-15(13)28-17(11)18-21-20-23(22-18)19(25)16(29-20)10-12-6-2-4-8-14(12)24(26)27/h2-10H,1H3. The fourth-order valence-electron chi connectivity index (χ4n) is 3.23. The topological polar surface area (TPSA) is 104 Å². The zero-order valence-electron chi connectivity index (χ0n) is 15.0. The van der Waals surface area contributed by atoms with Crippen molar-refractivity contribution in [2.45, 2.75) is 6.92 Å². The van der Waals surface area contributed by atoms with Gasteiger partial charge in [-0.1, -0.05) is 41.7 Å². The van der Waals surface area contributed by atoms with Crippen molar-refractivity contribution in [3.8, 4) is 11.6 Å². The molecule has 142 valence electrons. The van der Waals surface area contributed by atoms with E-state index in [0.717, 1.165) is 27.9 Å². The summed E-state index contributed by atoms with van der Waals surface area (Å²) in [7, 11) is 0. The molecule has 0 amide bonds. The SMILES string of the molecule is Cc1c(-c2nc3sc(=Cc4ccccc4[N+](=O)[O-])c(=O)n3n2)oc2ccccc12. The van der Waals surface area contributed by atoms with Crippen LogP contribution in [-0.4, -0.2) is 19.5 Å². The molecule has 0 bridgehead atoms. The Balaban J connectivity index is 1.65. The van der Waals surface area contributed by atoms with Crippen molar-refractivity contribution in [3.05, 3.63) is 84.7 Å². The number of hydrogen-bond donors (Lipinski definition) is 0. The van der Waals surface area contributed by atoms with Gasteiger partial charge in [-0.15, -0.1) is 5.10 Å². The second-order valence-electron chi connectivity index (χ2n) is 6.41. The molecule has 0 fully saturated rings. The predicted molar refractivity (Wildman–Crippen MR) is 109 cm³/mol. The van der Waals surface area contributed by atoms with Gasteiger partial charge in [-0.25, -0.2) is 0 Å². The molecule has 5 rings (SSSR count). The molecule has 29 heavy (non-hydrogen) atoms. The van der Waals surface area contributed by atoms with Crippen LogP contribution in [0.3, 0.4) is 0 Å². The number of rotatable bonds is 3. The summed E-state index contributed by atoms with van der Waals surface area (Å²) in [5, 5.41) is 16.5. The fourth-order valence-corrected chi connectivity index (χ4v) is 4.13. The highest BCUT2D eigenvalue weighted by atomic mass is 32.1. The molecule has 0 aliphatic rings. The van der Waals surface area contributed by atoms with Crippen molar-refractivity contribution < 1.29 is 9.34 Å². The lowest BCUT2D eigenvalue weighted by Gasteiger charge is -1.94. The number of benzene rings is 2. The number of fused-ring (bicyclic) bond motifs is 2. The Morgan fingerprint density at radius 2 is 1.93 bits per heavy atom. The molecular weight excluding hydrogens is 392 g/mol. The van der Waals surface area contributed by atoms with Crippen molar-refractivity contribution in [3.63, 3.8) is 0 Å². The lowest BCUT2D eigenvalue weighted by molar-refractivity contribution is -0.385. The van der Waals surface area contributed by atoms with E-state index in [2.05, 4.69) is 10.1 Å². The molecule has 0 saturated heterocycles. The number of para-hydroxylation sites is 2. The third kappa shape index (κ3) is 2.71. The van der Waals surface area contributed by atoms with E-state index < -0.39 is 4.92 Å². The first-order valence-corrected chi connectivity index (χ1v) is 9.48. The maximum absolute atomic E-state index is 12.8. The van der Waals surface area contributed by atoms with Gasteiger partial charge in [0.2, 0.25) is 10.8 Å². The van der Waals surface area contributed by atoms with E-state index in [1.165, 1.54) is 16.7 Å². The first-order valence-electron chi connectivity index (χ1n) is 8.66. The summed E-state index contributed by atoms with van der Waals surface area (Å²) in [5.41, 5.74) is 1.54. The molecule has 0 spiro atoms. The molecule has 0 unspecified atom stereocenters. The van der Waals surface area contributed by atoms with Crippen LogP contribution in [0, 0.1) is 17.0 Å². The highest BCUT2D eigenvalue weighted by Gasteiger charge is 2.19. The number of aromatic nitrogens is 3. The molecule has 0 N–H and O–H groups in total. The molecular formula is C20H12N4O4S. The van der Waals surface area contributed by atoms with E-state index in [-0.39, 0.29) is 11.2 Å². The Kier molecular flexibility index (Phi) is 3.78. The number of thiazole rings is 1. The van der Waals surface area contributed by atoms with Gasteiger partial charge >= 0.3 is 0 Å². The van der Waals surface area contributed by atoms with E-state index in [1.807, 2.05) is 31.2 Å². The number of nitro benzene ring substituents is 1. The average molecular weight is 404 g/mol. The summed E-state index contributed by atoms with van der Waals surface area (Å²) in [5.74, 6) is 0.852. The summed E-state index contributed by atoms with van der Waals surface area (Å²) >= 11 is 1.12. The molecule has 0 radical (unpaired) electrons. The molecule has 3 aromatic heterocycles. The van der Waals surface area contributed by atoms with Crippen LogP contribution in [0.5, 0.6) is 0 Å². The summed E-state index contributed by atoms with van der Waals surface area (Å²) in [6.45, 7) is 1.92. The Bertz CT molecular complexity index is 1530. The minimum Gasteiger partial charge on any atom is -0.452 e. The first-order chi connectivity index (χ1) is 14.0. The summed E-state index contributed by atoms with van der Waals surface area (Å²) in [4.78, 5) is 28.3. The van der Waals surface area contributed by atoms with Crippen molar-refractivity contribution in [1.29, 1.82) is 0 Å². The van der Waals surface area contributed by atoms with Gasteiger partial charge in [0.15, 0.2) is 5.76 Å². The minimum atomic E-state index is -0.476. The largest absolute Gasteiger partial charge is 0.452 e. The third-order valence-corrected chi connectivity index (χ3v) is 5.61. The quantitative estimate of drug-likeness (QED) is 0.337. The van der Waals surface area contributed by atoms with Gasteiger partial charge in [0.05, 0.1) is 15.0 Å². The van der Waals surface area contributed by atoms with Gasteiger partial charge in [-0.05, 0) is 25.1 Å². The fraction of sp³-hybridized carbons (Fsp3) is 0.0500. The van der Waals surface area contributed by atoms with Crippen LogP contribution in [0.4, 0.5) is 5.69 Å². The zero-order chi connectivity index (χ0) is 20.1. The van der Waals surface area contributed by atoms with E-state index in [0.29, 0.717) is 26.6 Å². The lowest BCUT2D eigenvalue weighted by atomic mass is 10.1. The third-order valence-electron chi connectivity index (χ3n) is 4.65. The Morgan fingerprint density at radius 3 is 2.69 bits per heavy atom. The first kappa shape index (κ1) is 17.3. The van der Waals surface area contributed by atoms with Crippen LogP contribution in [0.2, 0.25) is 0 Å². The Hall–Kier alpha value is -3.85. The maximum Gasteiger partial charge on any atom is 0.291 e. The van der Waals surface area contributed by atoms with Crippen LogP contribution >= 0.6 is 11.3 Å². The predicted octanol–water partition coefficient (Wildman–Crippen LogP) is 3.33. The smallest absolute Gasteiger partial charge is 0.291 e. The normalized spacial score (nSPS) is 12.2. The number of nitro groups is 1. The van der Waals surface area contributed by atoms with Gasteiger partial charge in [0.25, 0.3) is 11.2 Å². The molecule has 0 atom stereocenters. The molecule has 0 saturated carbocycles. The molecule has 2 aromatic carbocycles. The minimum absolute atomic E-state index is 0.0653. The maximum atomic E-state index is 12.8. The highest BCUT2D eigenvalue weighted by Crippen LogP contribution is 2.31. The number of nitrogens with zero attached hydrogens (tertiary/aromatic N) is 4. The Morgan fingerprint density at radius 1 is 1.17 bits per heavy atom. The second kappa shape index (κ2) is 6.35. The molecule has 3 heterocycles. The molecule has 5 aromatic rings. The van der Waals surface area contributed by atoms with Gasteiger partial charge in [-0.3, -0.25) is 14.9 Å². The van der Waals surface area contributed by atoms with Crippen LogP contribution in [0.25, 0.3) is 33.6 Å². The summed E-state index contributed by atoms with van der Waals surface area (Å²) < 4.78 is 7.40. The van der Waals surface area contributed by atoms with Crippen molar-refractivity contribution >= 4 is 39.0 Å². The van der Waals surface area contributed by atoms with Gasteiger partial charge < -0.3 is 4.42 Å². The van der Waals surface area contributed by atoms with Gasteiger partial charge in [0, 0.05) is 17.0 Å². The highest BCUT2D eigenvalue weighted by molar-refractivity contribution is 7.15. The van der Waals surface area contributed by atoms with Crippen molar-refractivity contribution in [2.75, 3.05) is 0 Å². The summed E-state index contributed by atoms with van der Waals surface area (Å²) in [6.07, 6.45) is 1.49. The van der Waals surface area contributed by atoms with Gasteiger partial charge in [0.1, 0.15) is 5.58 Å². The number of furan rings is 1. The van der Waals surface area contributed by atoms with E-state index in [9.17, 15) is 14.9 Å². The molecule has 0 aliphatic carbocycles. The zero-order valence-corrected chi connectivity index (χ0v) is 15.8. The summed E-state index contributed by atoms with van der Waals surface area (Å²) in [6, 6.07) is 13.9. The van der Waals surface area contributed by atoms with Crippen LogP contribution < -0.4 is 10.1 Å². The van der Waals surface area contributed by atoms with Crippen molar-refractivity contribution in [2.24, 2.45) is 0 Å². The number of aryl methyl sites for hydroxylation is 1. The Labute approximate surface area is 166 Å². The lowest BCUT2D eigenvalue weighted by Crippen LogP contribution is -2.23. The van der Waals surface area contributed by atoms with Crippen LogP contribution in [0.1, 0.15) is 11.1 Å². The van der Waals surface area contributed by atoms with E-state index in [4.69, 9.17) is 4.42 Å². The number of hydrogen-bond acceptors (Lipinski definition) is 7. The molecule has 9 heteroatoms. The van der Waals surface area contributed by atoms with Crippen molar-refractivity contribution in [1.82, 2.24) is 14.6 Å². The van der Waals surface area contributed by atoms with Crippen LogP contribution in [0.15, 0.2) is 57.7 Å². The molecule has 8 nitrogen and oxygen atoms in total. The van der Waals surface area contributed by atoms with Crippen LogP contribution in [-0.2, 0) is 0 Å². The molecule has 0 aliphatic heterocycles. The van der Waals surface area contributed by atoms with E-state index >= 15 is 0 Å². The average Bonchev–Trinajstić information content (AvgIpc) is 3.36. The monoisotopic (exact) mass is 404 g/mol. The van der Waals surface area contributed by atoms with E-state index in [1.54, 1.807) is 18.2 Å². The van der Waals surface area contributed by atoms with Gasteiger partial charge in [-0.2, -0.15) is 9.50 Å².